The van der Waals surface area contributed by atoms with Gasteiger partial charge in [-0.1, -0.05) is 63.4 Å². The maximum Gasteiger partial charge on any atom is 0.339 e. The Bertz CT molecular complexity index is 1020. The van der Waals surface area contributed by atoms with E-state index in [4.69, 9.17) is 4.74 Å². The van der Waals surface area contributed by atoms with E-state index in [2.05, 4.69) is 19.2 Å². The first kappa shape index (κ1) is 21.5. The summed E-state index contributed by atoms with van der Waals surface area (Å²) in [6.07, 6.45) is 4.63. The largest absolute Gasteiger partial charge is 0.505 e. The van der Waals surface area contributed by atoms with E-state index in [0.29, 0.717) is 18.2 Å². The average molecular weight is 408 g/mol. The van der Waals surface area contributed by atoms with E-state index in [1.54, 1.807) is 0 Å². The van der Waals surface area contributed by atoms with Crippen LogP contribution in [0.2, 0.25) is 0 Å². The molecule has 5 nitrogen and oxygen atoms in total. The average Bonchev–Trinajstić information content (AvgIpc) is 2.76. The van der Waals surface area contributed by atoms with Crippen molar-refractivity contribution in [1.82, 2.24) is 0 Å². The van der Waals surface area contributed by atoms with Crippen LogP contribution in [0.1, 0.15) is 49.9 Å². The minimum absolute atomic E-state index is 0.134. The van der Waals surface area contributed by atoms with Crippen LogP contribution in [0.5, 0.6) is 11.5 Å². The van der Waals surface area contributed by atoms with Crippen molar-refractivity contribution in [2.45, 2.75) is 39.5 Å². The Hall–Kier alpha value is -3.21. The van der Waals surface area contributed by atoms with E-state index in [1.165, 1.54) is 18.9 Å². The van der Waals surface area contributed by atoms with E-state index in [1.807, 2.05) is 48.5 Å². The number of rotatable bonds is 10. The molecule has 0 bridgehead atoms. The Morgan fingerprint density at radius 2 is 1.90 bits per heavy atom. The molecular weight excluding hydrogens is 378 g/mol. The monoisotopic (exact) mass is 407 g/mol. The van der Waals surface area contributed by atoms with Crippen molar-refractivity contribution in [3.8, 4) is 11.5 Å². The van der Waals surface area contributed by atoms with E-state index >= 15 is 0 Å². The molecule has 1 unspecified atom stereocenters. The number of phenols is 1. The van der Waals surface area contributed by atoms with Gasteiger partial charge < -0.3 is 20.3 Å². The molecule has 0 fully saturated rings. The number of nitrogens with one attached hydrogen (secondary N) is 1. The molecule has 0 radical (unpaired) electrons. The van der Waals surface area contributed by atoms with Crippen LogP contribution in [0.4, 0.5) is 11.4 Å². The predicted octanol–water partition coefficient (Wildman–Crippen LogP) is 6.58. The fraction of sp³-hybridized carbons (Fsp3) is 0.320. The molecule has 0 aliphatic carbocycles. The van der Waals surface area contributed by atoms with E-state index in [9.17, 15) is 15.0 Å². The Morgan fingerprint density at radius 1 is 1.10 bits per heavy atom. The van der Waals surface area contributed by atoms with Gasteiger partial charge in [-0.25, -0.2) is 4.79 Å². The molecule has 3 rings (SSSR count). The van der Waals surface area contributed by atoms with Gasteiger partial charge in [0.15, 0.2) is 5.75 Å². The Balaban J connectivity index is 1.85. The third-order valence-electron chi connectivity index (χ3n) is 5.38. The molecule has 3 aromatic rings. The molecule has 0 aliphatic rings. The van der Waals surface area contributed by atoms with Crippen molar-refractivity contribution < 1.29 is 19.7 Å². The van der Waals surface area contributed by atoms with Gasteiger partial charge in [-0.3, -0.25) is 0 Å². The molecule has 0 aromatic heterocycles. The number of unbranched alkanes of at least 4 members (excludes halogenated alkanes) is 1. The summed E-state index contributed by atoms with van der Waals surface area (Å²) in [5.74, 6) is -0.177. The van der Waals surface area contributed by atoms with E-state index in [-0.39, 0.29) is 11.3 Å². The highest BCUT2D eigenvalue weighted by Crippen LogP contribution is 2.38. The number of anilines is 2. The molecule has 158 valence electrons. The van der Waals surface area contributed by atoms with Crippen molar-refractivity contribution in [2.75, 3.05) is 11.9 Å². The summed E-state index contributed by atoms with van der Waals surface area (Å²) in [4.78, 5) is 11.6. The summed E-state index contributed by atoms with van der Waals surface area (Å²) in [6.45, 7) is 5.05. The van der Waals surface area contributed by atoms with Crippen molar-refractivity contribution in [3.63, 3.8) is 0 Å². The van der Waals surface area contributed by atoms with Crippen LogP contribution in [-0.2, 0) is 0 Å². The molecule has 0 saturated carbocycles. The van der Waals surface area contributed by atoms with Gasteiger partial charge in [0, 0.05) is 17.1 Å². The number of ether oxygens (including phenoxy) is 1. The third-order valence-corrected chi connectivity index (χ3v) is 5.38. The number of carboxylic acids is 1. The Kier molecular flexibility index (Phi) is 7.17. The lowest BCUT2D eigenvalue weighted by molar-refractivity contribution is 0.0694. The number of hydrogen-bond acceptors (Lipinski definition) is 4. The van der Waals surface area contributed by atoms with Gasteiger partial charge in [0.25, 0.3) is 0 Å². The lowest BCUT2D eigenvalue weighted by Gasteiger charge is -2.17. The number of carboxylic acid groups (broad SMARTS) is 1. The molecule has 3 aromatic carbocycles. The summed E-state index contributed by atoms with van der Waals surface area (Å²) in [5.41, 5.74) is 0.958. The quantitative estimate of drug-likeness (QED) is 0.331. The standard InChI is InChI=1S/C25H29NO4/c1-3-5-9-17(4-2)16-30-20-12-8-11-19(15-20)26-23-21-13-7-6-10-18(21)14-22(24(23)27)25(28)29/h6-8,10-15,17,26-27H,3-5,9,16H2,1-2H3,(H,28,29). The zero-order chi connectivity index (χ0) is 21.5. The molecule has 0 heterocycles. The van der Waals surface area contributed by atoms with Crippen molar-refractivity contribution in [3.05, 3.63) is 60.2 Å². The number of aromatic hydroxyl groups is 1. The first-order valence-corrected chi connectivity index (χ1v) is 10.5. The second kappa shape index (κ2) is 10.0. The number of hydrogen-bond donors (Lipinski definition) is 3. The lowest BCUT2D eigenvalue weighted by atomic mass is 10.0. The van der Waals surface area contributed by atoms with E-state index in [0.717, 1.165) is 35.1 Å². The van der Waals surface area contributed by atoms with Crippen molar-refractivity contribution >= 4 is 28.1 Å². The molecule has 3 N–H and O–H groups in total. The summed E-state index contributed by atoms with van der Waals surface area (Å²) in [6, 6.07) is 16.4. The number of benzene rings is 3. The number of carbonyl (C=O) groups is 1. The minimum Gasteiger partial charge on any atom is -0.505 e. The van der Waals surface area contributed by atoms with Crippen molar-refractivity contribution in [2.24, 2.45) is 5.92 Å². The molecule has 0 spiro atoms. The highest BCUT2D eigenvalue weighted by molar-refractivity contribution is 6.06. The van der Waals surface area contributed by atoms with Crippen molar-refractivity contribution in [1.29, 1.82) is 0 Å². The lowest BCUT2D eigenvalue weighted by Crippen LogP contribution is -2.11. The van der Waals surface area contributed by atoms with Gasteiger partial charge in [-0.05, 0) is 35.9 Å². The first-order chi connectivity index (χ1) is 14.5. The highest BCUT2D eigenvalue weighted by Gasteiger charge is 2.17. The van der Waals surface area contributed by atoms with Gasteiger partial charge in [0.2, 0.25) is 0 Å². The zero-order valence-corrected chi connectivity index (χ0v) is 17.5. The fourth-order valence-electron chi connectivity index (χ4n) is 3.55. The Morgan fingerprint density at radius 3 is 2.63 bits per heavy atom. The normalized spacial score (nSPS) is 11.9. The SMILES string of the molecule is CCCCC(CC)COc1cccc(Nc2c(O)c(C(=O)O)cc3ccccc23)c1. The van der Waals surface area contributed by atoms with Gasteiger partial charge in [-0.15, -0.1) is 0 Å². The predicted molar refractivity (Wildman–Crippen MR) is 121 cm³/mol. The maximum absolute atomic E-state index is 11.6. The van der Waals surface area contributed by atoms with Crippen LogP contribution < -0.4 is 10.1 Å². The van der Waals surface area contributed by atoms with Gasteiger partial charge in [0.05, 0.1) is 12.3 Å². The second-order valence-corrected chi connectivity index (χ2v) is 7.55. The molecule has 0 saturated heterocycles. The number of fused-ring (bicyclic) bond motifs is 1. The highest BCUT2D eigenvalue weighted by atomic mass is 16.5. The van der Waals surface area contributed by atoms with Gasteiger partial charge >= 0.3 is 5.97 Å². The minimum atomic E-state index is -1.17. The fourth-order valence-corrected chi connectivity index (χ4v) is 3.55. The molecule has 1 atom stereocenters. The zero-order valence-electron chi connectivity index (χ0n) is 17.5. The molecular formula is C25H29NO4. The summed E-state index contributed by atoms with van der Waals surface area (Å²) >= 11 is 0. The topological polar surface area (TPSA) is 78.8 Å². The molecule has 5 heteroatoms. The van der Waals surface area contributed by atoms with Crippen LogP contribution in [0.15, 0.2) is 54.6 Å². The summed E-state index contributed by atoms with van der Waals surface area (Å²) in [5, 5.41) is 24.7. The Labute approximate surface area is 177 Å². The molecule has 0 aliphatic heterocycles. The smallest absolute Gasteiger partial charge is 0.339 e. The number of aromatic carboxylic acids is 1. The van der Waals surface area contributed by atoms with Crippen LogP contribution in [-0.4, -0.2) is 22.8 Å². The van der Waals surface area contributed by atoms with Gasteiger partial charge in [-0.2, -0.15) is 0 Å². The van der Waals surface area contributed by atoms with Gasteiger partial charge in [0.1, 0.15) is 11.3 Å². The van der Waals surface area contributed by atoms with Crippen LogP contribution in [0.25, 0.3) is 10.8 Å². The molecule has 30 heavy (non-hydrogen) atoms. The second-order valence-electron chi connectivity index (χ2n) is 7.55. The maximum atomic E-state index is 11.6. The van der Waals surface area contributed by atoms with E-state index < -0.39 is 5.97 Å². The first-order valence-electron chi connectivity index (χ1n) is 10.5. The van der Waals surface area contributed by atoms with Crippen LogP contribution in [0, 0.1) is 5.92 Å². The summed E-state index contributed by atoms with van der Waals surface area (Å²) < 4.78 is 6.02. The van der Waals surface area contributed by atoms with Crippen LogP contribution in [0.3, 0.4) is 0 Å². The molecule has 0 amide bonds. The summed E-state index contributed by atoms with van der Waals surface area (Å²) in [7, 11) is 0. The third kappa shape index (κ3) is 5.03. The van der Waals surface area contributed by atoms with Crippen LogP contribution >= 0.6 is 0 Å².